The first-order valence-corrected chi connectivity index (χ1v) is 32.8. The minimum absolute atomic E-state index is 0.0957. The van der Waals surface area contributed by atoms with Crippen LogP contribution in [0.4, 0.5) is 0 Å². The van der Waals surface area contributed by atoms with Crippen LogP contribution in [0.3, 0.4) is 0 Å². The van der Waals surface area contributed by atoms with Gasteiger partial charge in [-0.2, -0.15) is 0 Å². The molecule has 11 bridgehead atoms. The lowest BCUT2D eigenvalue weighted by Gasteiger charge is -2.48. The van der Waals surface area contributed by atoms with Gasteiger partial charge in [0.2, 0.25) is 53.4 Å². The zero-order valence-electron chi connectivity index (χ0n) is 55.2. The van der Waals surface area contributed by atoms with E-state index in [-0.39, 0.29) is 52.0 Å². The molecule has 12 rings (SSSR count). The molecule has 0 spiro atoms. The van der Waals surface area contributed by atoms with E-state index in [2.05, 4.69) is 42.5 Å². The number of rotatable bonds is 14. The van der Waals surface area contributed by atoms with Crippen molar-refractivity contribution in [3.05, 3.63) is 117 Å². The molecule has 548 valence electrons. The number of carboxylic acid groups (broad SMARTS) is 1. The molecule has 5 aromatic rings. The van der Waals surface area contributed by atoms with Gasteiger partial charge in [-0.3, -0.25) is 33.6 Å². The molecule has 102 heavy (non-hydrogen) atoms. The minimum atomic E-state index is -2.34. The molecular formula is C67H77Cl2N9O24. The SMILES string of the molecule is CN[C@H](CC(C)C)C(=O)N[C@H]1C(=O)N[C@@H](CC(N)=O)C(=O)N[C@H]2C(=O)N[C@H]3C(=O)N[C@H](C(=O)NC(C(=O)O)c4cc(O)cc(O)c4-c4cc3ccc4O)[C@H](O)c3ccc(c(Cl)c3)Oc3cc2cc(c3OC2OC(CO)C(O)C(O)C2O[C@@H]2CC(C)(NC)C(O)C(C)O2)Oc2ccc(cc2Cl)[C@H]1O. The van der Waals surface area contributed by atoms with Crippen LogP contribution in [0, 0.1) is 5.92 Å². The Bertz CT molecular complexity index is 4100. The van der Waals surface area contributed by atoms with Gasteiger partial charge >= 0.3 is 5.97 Å². The molecule has 9 unspecified atom stereocenters. The summed E-state index contributed by atoms with van der Waals surface area (Å²) in [6, 6.07) is -0.563. The van der Waals surface area contributed by atoms with Crippen LogP contribution >= 0.6 is 23.2 Å². The van der Waals surface area contributed by atoms with Crippen molar-refractivity contribution in [3.8, 4) is 57.1 Å². The number of aliphatic carboxylic acids is 1. The number of likely N-dealkylation sites (N-methyl/N-ethyl adjacent to an activating group) is 2. The number of halogens is 2. The first-order chi connectivity index (χ1) is 48.2. The number of aliphatic hydroxyl groups excluding tert-OH is 6. The highest BCUT2D eigenvalue weighted by molar-refractivity contribution is 6.32. The van der Waals surface area contributed by atoms with Gasteiger partial charge in [-0.1, -0.05) is 55.2 Å². The number of phenolic OH excluding ortho intramolecular Hbond substituents is 3. The van der Waals surface area contributed by atoms with Crippen LogP contribution in [0.2, 0.25) is 10.0 Å². The van der Waals surface area contributed by atoms with Gasteiger partial charge in [0, 0.05) is 34.7 Å². The predicted octanol–water partition coefficient (Wildman–Crippen LogP) is 0.367. The number of carboxylic acids is 1. The van der Waals surface area contributed by atoms with Crippen LogP contribution < -0.4 is 62.5 Å². The fourth-order valence-corrected chi connectivity index (χ4v) is 13.2. The summed E-state index contributed by atoms with van der Waals surface area (Å²) < 4.78 is 38.6. The molecule has 7 aliphatic rings. The molecule has 18 atom stereocenters. The molecule has 2 saturated heterocycles. The molecular weight excluding hydrogens is 1390 g/mol. The maximum Gasteiger partial charge on any atom is 0.330 e. The number of carbonyl (C=O) groups excluding carboxylic acids is 7. The van der Waals surface area contributed by atoms with Crippen LogP contribution in [-0.2, 0) is 52.6 Å². The fourth-order valence-electron chi connectivity index (χ4n) is 12.7. The lowest BCUT2D eigenvalue weighted by molar-refractivity contribution is -0.334. The van der Waals surface area contributed by atoms with E-state index < -0.39 is 231 Å². The minimum Gasteiger partial charge on any atom is -0.508 e. The topological polar surface area (TPSA) is 517 Å². The molecule has 0 aliphatic carbocycles. The zero-order chi connectivity index (χ0) is 74.2. The highest BCUT2D eigenvalue weighted by atomic mass is 35.5. The summed E-state index contributed by atoms with van der Waals surface area (Å²) >= 11 is 14.1. The van der Waals surface area contributed by atoms with E-state index in [1.54, 1.807) is 20.9 Å². The van der Waals surface area contributed by atoms with Crippen molar-refractivity contribution in [1.29, 1.82) is 0 Å². The molecule has 7 aliphatic heterocycles. The summed E-state index contributed by atoms with van der Waals surface area (Å²) in [5, 5.41) is 134. The number of nitrogens with two attached hydrogens (primary N) is 1. The summed E-state index contributed by atoms with van der Waals surface area (Å²) in [7, 11) is 3.05. The molecule has 20 N–H and O–H groups in total. The first kappa shape index (κ1) is 75.5. The van der Waals surface area contributed by atoms with Gasteiger partial charge < -0.3 is 128 Å². The predicted molar refractivity (Wildman–Crippen MR) is 354 cm³/mol. The third-order valence-electron chi connectivity index (χ3n) is 18.3. The van der Waals surface area contributed by atoms with Crippen molar-refractivity contribution in [3.63, 3.8) is 0 Å². The number of aliphatic hydroxyl groups is 6. The Morgan fingerprint density at radius 1 is 0.706 bits per heavy atom. The van der Waals surface area contributed by atoms with Gasteiger partial charge in [-0.25, -0.2) is 4.79 Å². The summed E-state index contributed by atoms with van der Waals surface area (Å²) in [6.45, 7) is 5.90. The van der Waals surface area contributed by atoms with Gasteiger partial charge in [0.15, 0.2) is 29.9 Å². The van der Waals surface area contributed by atoms with Crippen molar-refractivity contribution >= 4 is 70.5 Å². The van der Waals surface area contributed by atoms with E-state index >= 15 is 14.4 Å². The lowest BCUT2D eigenvalue weighted by Crippen LogP contribution is -2.65. The van der Waals surface area contributed by atoms with Gasteiger partial charge in [-0.05, 0) is 117 Å². The Labute approximate surface area is 590 Å². The number of amides is 7. The number of carbonyl (C=O) groups is 8. The first-order valence-electron chi connectivity index (χ1n) is 32.1. The number of ether oxygens (including phenoxy) is 6. The summed E-state index contributed by atoms with van der Waals surface area (Å²) in [5.41, 5.74) is 1.84. The second kappa shape index (κ2) is 30.8. The number of fused-ring (bicyclic) bond motifs is 15. The average Bonchev–Trinajstić information content (AvgIpc) is 0.768. The monoisotopic (exact) mass is 1460 g/mol. The second-order valence-corrected chi connectivity index (χ2v) is 26.7. The standard InChI is InChI=1S/C67H77Cl2N9O24/c1-24(2)13-35(71-5)59(89)77-50-52(84)27-8-11-39(33(68)15-27)98-41-17-29-18-42(56(41)102-66-57(55(87)54(86)43(23-79)100-66)101-45-22-67(4,72-6)58(88)25(3)97-45)99-40-12-9-28(16-34(40)69)53(85)51-64(94)76-49(65(95)96)32-19-30(80)20-38(82)46(32)31-14-26(7-10-37(31)81)47(61(91)78-51)75-62(92)48(29)74-60(90)36(21-44(70)83)73-63(50)93/h7-12,14-20,24-25,35-36,43,45,47-55,57-58,66,71-72,79-82,84-88H,13,21-23H2,1-6H3,(H2,70,83)(H,73,93)(H,74,90)(H,75,92)(H,76,94)(H,77,89)(H,78,91)(H,95,96)/t25?,35-,36+,43?,45-,47-,48-,49?,50-,51+,52-,53-,54?,55?,57?,58?,66?,67?/m1/s1. The molecule has 0 saturated carbocycles. The van der Waals surface area contributed by atoms with E-state index in [4.69, 9.17) is 57.4 Å². The smallest absolute Gasteiger partial charge is 0.330 e. The second-order valence-electron chi connectivity index (χ2n) is 25.9. The Hall–Kier alpha value is -9.20. The molecule has 0 aromatic heterocycles. The number of hydrogen-bond acceptors (Lipinski definition) is 25. The Balaban J connectivity index is 1.24. The molecule has 5 aromatic carbocycles. The molecule has 7 amide bonds. The van der Waals surface area contributed by atoms with Gasteiger partial charge in [0.1, 0.15) is 89.5 Å². The van der Waals surface area contributed by atoms with E-state index in [0.717, 1.165) is 66.7 Å². The number of phenols is 3. The number of benzene rings is 5. The number of aromatic hydroxyl groups is 3. The van der Waals surface area contributed by atoms with E-state index in [9.17, 15) is 75.0 Å². The van der Waals surface area contributed by atoms with Gasteiger partial charge in [0.05, 0.1) is 41.3 Å². The van der Waals surface area contributed by atoms with Crippen molar-refractivity contribution in [2.75, 3.05) is 20.7 Å². The maximum absolute atomic E-state index is 16.0. The molecule has 35 heteroatoms. The summed E-state index contributed by atoms with van der Waals surface area (Å²) in [6.07, 6.45) is -18.0. The molecule has 0 radical (unpaired) electrons. The normalized spacial score (nSPS) is 29.3. The van der Waals surface area contributed by atoms with Crippen LogP contribution in [0.15, 0.2) is 78.9 Å². The Morgan fingerprint density at radius 3 is 1.90 bits per heavy atom. The zero-order valence-corrected chi connectivity index (χ0v) is 56.8. The lowest BCUT2D eigenvalue weighted by atomic mass is 9.85. The van der Waals surface area contributed by atoms with Crippen molar-refractivity contribution in [2.24, 2.45) is 11.7 Å². The summed E-state index contributed by atoms with van der Waals surface area (Å²) in [4.78, 5) is 117. The van der Waals surface area contributed by atoms with Crippen molar-refractivity contribution < 1.29 is 118 Å². The Kier molecular flexibility index (Phi) is 22.8. The van der Waals surface area contributed by atoms with Crippen LogP contribution in [0.25, 0.3) is 11.1 Å². The molecule has 33 nitrogen and oxygen atoms in total. The van der Waals surface area contributed by atoms with Crippen molar-refractivity contribution in [1.82, 2.24) is 42.5 Å². The van der Waals surface area contributed by atoms with E-state index in [1.807, 2.05) is 13.8 Å². The van der Waals surface area contributed by atoms with Gasteiger partial charge in [-0.15, -0.1) is 0 Å². The highest BCUT2D eigenvalue weighted by Gasteiger charge is 2.52. The van der Waals surface area contributed by atoms with Crippen LogP contribution in [0.5, 0.6) is 46.0 Å². The van der Waals surface area contributed by atoms with Crippen LogP contribution in [0.1, 0.15) is 105 Å². The molecule has 7 heterocycles. The van der Waals surface area contributed by atoms with Crippen LogP contribution in [-0.4, -0.2) is 198 Å². The molecule has 2 fully saturated rings. The summed E-state index contributed by atoms with van der Waals surface area (Å²) in [5.74, 6) is -15.9. The van der Waals surface area contributed by atoms with Gasteiger partial charge in [0.25, 0.3) is 0 Å². The fraction of sp³-hybridized carbons (Fsp3) is 0.433. The average molecular weight is 1460 g/mol. The number of hydrogen-bond donors (Lipinski definition) is 19. The number of nitrogens with one attached hydrogen (secondary N) is 8. The Morgan fingerprint density at radius 2 is 1.31 bits per heavy atom. The highest BCUT2D eigenvalue weighted by Crippen LogP contribution is 2.50. The largest absolute Gasteiger partial charge is 0.508 e. The van der Waals surface area contributed by atoms with E-state index in [1.165, 1.54) is 19.2 Å². The van der Waals surface area contributed by atoms with E-state index in [0.29, 0.717) is 0 Å². The van der Waals surface area contributed by atoms with Crippen molar-refractivity contribution in [2.45, 2.75) is 156 Å². The third kappa shape index (κ3) is 15.7. The quantitative estimate of drug-likeness (QED) is 0.0714. The maximum atomic E-state index is 16.0. The third-order valence-corrected chi connectivity index (χ3v) is 18.9. The number of primary amides is 1.